The molecule has 1 atom stereocenters. The smallest absolute Gasteiger partial charge is 0.407 e. The molecule has 0 aromatic carbocycles. The van der Waals surface area contributed by atoms with Crippen molar-refractivity contribution >= 4 is 6.09 Å². The van der Waals surface area contributed by atoms with Crippen molar-refractivity contribution in [2.24, 2.45) is 0 Å². The molecule has 1 aliphatic rings. The Labute approximate surface area is 71.3 Å². The molecule has 1 unspecified atom stereocenters. The molecule has 0 spiro atoms. The van der Waals surface area contributed by atoms with E-state index < -0.39 is 6.09 Å². The summed E-state index contributed by atoms with van der Waals surface area (Å²) in [5.41, 5.74) is 0. The van der Waals surface area contributed by atoms with Gasteiger partial charge in [0.25, 0.3) is 0 Å². The first-order chi connectivity index (χ1) is 5.74. The molecular weight excluding hydrogens is 160 g/mol. The molecule has 70 valence electrons. The van der Waals surface area contributed by atoms with Crippen LogP contribution >= 0.6 is 0 Å². The molecule has 1 saturated heterocycles. The Morgan fingerprint density at radius 2 is 2.50 bits per heavy atom. The van der Waals surface area contributed by atoms with Crippen molar-refractivity contribution in [1.82, 2.24) is 10.2 Å². The molecule has 0 aromatic heterocycles. The summed E-state index contributed by atoms with van der Waals surface area (Å²) in [7, 11) is 1.80. The second kappa shape index (κ2) is 4.27. The van der Waals surface area contributed by atoms with E-state index >= 15 is 0 Å². The van der Waals surface area contributed by atoms with Gasteiger partial charge in [0.2, 0.25) is 0 Å². The van der Waals surface area contributed by atoms with Crippen molar-refractivity contribution < 1.29 is 14.6 Å². The Bertz CT molecular complexity index is 163. The zero-order valence-electron chi connectivity index (χ0n) is 7.12. The van der Waals surface area contributed by atoms with Crippen molar-refractivity contribution in [3.63, 3.8) is 0 Å². The number of ether oxygens (including phenoxy) is 1. The van der Waals surface area contributed by atoms with Crippen LogP contribution in [0.2, 0.25) is 0 Å². The van der Waals surface area contributed by atoms with Crippen molar-refractivity contribution in [3.05, 3.63) is 0 Å². The Morgan fingerprint density at radius 1 is 1.75 bits per heavy atom. The quantitative estimate of drug-likeness (QED) is 0.567. The van der Waals surface area contributed by atoms with Crippen LogP contribution in [0.4, 0.5) is 4.79 Å². The van der Waals surface area contributed by atoms with E-state index in [4.69, 9.17) is 9.84 Å². The summed E-state index contributed by atoms with van der Waals surface area (Å²) in [4.78, 5) is 12.0. The summed E-state index contributed by atoms with van der Waals surface area (Å²) < 4.78 is 5.21. The first kappa shape index (κ1) is 9.28. The minimum absolute atomic E-state index is 0.114. The van der Waals surface area contributed by atoms with Gasteiger partial charge in [-0.2, -0.15) is 0 Å². The average Bonchev–Trinajstić information content (AvgIpc) is 2.28. The van der Waals surface area contributed by atoms with Gasteiger partial charge in [-0.25, -0.2) is 4.79 Å². The monoisotopic (exact) mass is 174 g/mol. The van der Waals surface area contributed by atoms with Crippen LogP contribution in [0.25, 0.3) is 0 Å². The Morgan fingerprint density at radius 3 is 3.08 bits per heavy atom. The maximum absolute atomic E-state index is 10.6. The predicted molar refractivity (Wildman–Crippen MR) is 43.3 cm³/mol. The first-order valence-electron chi connectivity index (χ1n) is 3.97. The molecule has 2 N–H and O–H groups in total. The van der Waals surface area contributed by atoms with E-state index in [0.29, 0.717) is 26.3 Å². The number of nitrogens with one attached hydrogen (secondary N) is 1. The van der Waals surface area contributed by atoms with Gasteiger partial charge in [-0.15, -0.1) is 0 Å². The molecule has 5 heteroatoms. The summed E-state index contributed by atoms with van der Waals surface area (Å²) in [5, 5.41) is 11.7. The fourth-order valence-electron chi connectivity index (χ4n) is 1.16. The predicted octanol–water partition coefficient (Wildman–Crippen LogP) is -0.415. The molecule has 0 aliphatic carbocycles. The van der Waals surface area contributed by atoms with Crippen LogP contribution < -0.4 is 5.32 Å². The molecule has 1 rings (SSSR count). The minimum atomic E-state index is -0.874. The van der Waals surface area contributed by atoms with Crippen LogP contribution in [-0.4, -0.2) is 55.5 Å². The molecule has 0 saturated carbocycles. The van der Waals surface area contributed by atoms with E-state index in [1.165, 1.54) is 4.90 Å². The molecule has 1 heterocycles. The van der Waals surface area contributed by atoms with E-state index in [-0.39, 0.29) is 6.04 Å². The maximum Gasteiger partial charge on any atom is 0.407 e. The topological polar surface area (TPSA) is 61.8 Å². The van der Waals surface area contributed by atoms with Crippen molar-refractivity contribution in [2.45, 2.75) is 6.04 Å². The van der Waals surface area contributed by atoms with Crippen molar-refractivity contribution in [3.8, 4) is 0 Å². The maximum atomic E-state index is 10.6. The molecule has 0 aromatic rings. The summed E-state index contributed by atoms with van der Waals surface area (Å²) in [6.45, 7) is 2.05. The van der Waals surface area contributed by atoms with E-state index in [2.05, 4.69) is 5.32 Å². The lowest BCUT2D eigenvalue weighted by molar-refractivity contribution is 0.124. The zero-order chi connectivity index (χ0) is 8.97. The fourth-order valence-corrected chi connectivity index (χ4v) is 1.16. The van der Waals surface area contributed by atoms with Gasteiger partial charge in [0.1, 0.15) is 0 Å². The highest BCUT2D eigenvalue weighted by atomic mass is 16.5. The third-order valence-corrected chi connectivity index (χ3v) is 1.94. The number of carboxylic acid groups (broad SMARTS) is 1. The third kappa shape index (κ3) is 2.35. The molecule has 12 heavy (non-hydrogen) atoms. The number of carbonyl (C=O) groups is 1. The molecule has 0 radical (unpaired) electrons. The molecule has 1 aliphatic heterocycles. The number of rotatable bonds is 1. The second-order valence-corrected chi connectivity index (χ2v) is 2.79. The Kier molecular flexibility index (Phi) is 3.31. The summed E-state index contributed by atoms with van der Waals surface area (Å²) in [6, 6.07) is 0.114. The fraction of sp³-hybridized carbons (Fsp3) is 0.857. The highest BCUT2D eigenvalue weighted by Crippen LogP contribution is 1.99. The molecule has 0 bridgehead atoms. The van der Waals surface area contributed by atoms with Gasteiger partial charge in [0.05, 0.1) is 13.2 Å². The van der Waals surface area contributed by atoms with Gasteiger partial charge >= 0.3 is 6.09 Å². The van der Waals surface area contributed by atoms with E-state index in [1.54, 1.807) is 7.05 Å². The van der Waals surface area contributed by atoms with Crippen molar-refractivity contribution in [2.75, 3.05) is 33.4 Å². The lowest BCUT2D eigenvalue weighted by Crippen LogP contribution is -2.42. The summed E-state index contributed by atoms with van der Waals surface area (Å²) >= 11 is 0. The van der Waals surface area contributed by atoms with E-state index in [1.807, 2.05) is 0 Å². The van der Waals surface area contributed by atoms with Crippen LogP contribution in [0.15, 0.2) is 0 Å². The number of nitrogens with zero attached hydrogens (tertiary/aromatic N) is 1. The minimum Gasteiger partial charge on any atom is -0.465 e. The lowest BCUT2D eigenvalue weighted by atomic mass is 10.3. The number of amides is 1. The lowest BCUT2D eigenvalue weighted by Gasteiger charge is -2.19. The number of hydrogen-bond donors (Lipinski definition) is 2. The number of likely N-dealkylation sites (N-methyl/N-ethyl adjacent to an activating group) is 1. The normalized spacial score (nSPS) is 25.1. The molecule has 1 fully saturated rings. The van der Waals surface area contributed by atoms with E-state index in [9.17, 15) is 4.79 Å². The van der Waals surface area contributed by atoms with Gasteiger partial charge < -0.3 is 20.1 Å². The highest BCUT2D eigenvalue weighted by Gasteiger charge is 2.20. The van der Waals surface area contributed by atoms with E-state index in [0.717, 1.165) is 0 Å². The van der Waals surface area contributed by atoms with Crippen LogP contribution in [0.3, 0.4) is 0 Å². The van der Waals surface area contributed by atoms with Crippen molar-refractivity contribution in [1.29, 1.82) is 0 Å². The molecular formula is C7H14N2O3. The van der Waals surface area contributed by atoms with Gasteiger partial charge in [-0.05, 0) is 7.05 Å². The van der Waals surface area contributed by atoms with Gasteiger partial charge in [-0.3, -0.25) is 0 Å². The molecule has 1 amide bonds. The zero-order valence-corrected chi connectivity index (χ0v) is 7.12. The van der Waals surface area contributed by atoms with Gasteiger partial charge in [-0.1, -0.05) is 0 Å². The van der Waals surface area contributed by atoms with Gasteiger partial charge in [0.15, 0.2) is 0 Å². The standard InChI is InChI=1S/C7H14N2O3/c1-8-6-4-9(7(10)11)2-3-12-5-6/h6,8H,2-5H2,1H3,(H,10,11). The largest absolute Gasteiger partial charge is 0.465 e. The highest BCUT2D eigenvalue weighted by molar-refractivity contribution is 5.65. The Hall–Kier alpha value is -0.810. The van der Waals surface area contributed by atoms with Crippen LogP contribution in [0.1, 0.15) is 0 Å². The number of hydrogen-bond acceptors (Lipinski definition) is 3. The summed E-state index contributed by atoms with van der Waals surface area (Å²) in [5.74, 6) is 0. The first-order valence-corrected chi connectivity index (χ1v) is 3.97. The third-order valence-electron chi connectivity index (χ3n) is 1.94. The average molecular weight is 174 g/mol. The van der Waals surface area contributed by atoms with Gasteiger partial charge in [0, 0.05) is 19.1 Å². The summed E-state index contributed by atoms with van der Waals surface area (Å²) in [6.07, 6.45) is -0.874. The van der Waals surface area contributed by atoms with Crippen LogP contribution in [0, 0.1) is 0 Å². The van der Waals surface area contributed by atoms with Crippen LogP contribution in [0.5, 0.6) is 0 Å². The molecule has 5 nitrogen and oxygen atoms in total. The Balaban J connectivity index is 2.47. The second-order valence-electron chi connectivity index (χ2n) is 2.79. The van der Waals surface area contributed by atoms with Crippen LogP contribution in [-0.2, 0) is 4.74 Å². The SMILES string of the molecule is CNC1COCCN(C(=O)O)C1.